The Morgan fingerprint density at radius 2 is 1.92 bits per heavy atom. The summed E-state index contributed by atoms with van der Waals surface area (Å²) < 4.78 is 36.4. The van der Waals surface area contributed by atoms with Gasteiger partial charge in [0, 0.05) is 10.9 Å². The maximum atomic E-state index is 12.1. The molecular formula is C8H9F3OS. The molecule has 5 heteroatoms. The Balaban J connectivity index is 3.10. The lowest BCUT2D eigenvalue weighted by molar-refractivity contribution is -0.134. The average Bonchev–Trinajstić information content (AvgIpc) is 2.29. The number of hydrogen-bond donors (Lipinski definition) is 1. The van der Waals surface area contributed by atoms with Gasteiger partial charge in [-0.15, -0.1) is 11.3 Å². The van der Waals surface area contributed by atoms with Crippen molar-refractivity contribution in [1.82, 2.24) is 0 Å². The second kappa shape index (κ2) is 3.21. The predicted octanol–water partition coefficient (Wildman–Crippen LogP) is 3.60. The minimum atomic E-state index is -4.35. The molecule has 0 bridgehead atoms. The van der Waals surface area contributed by atoms with E-state index in [9.17, 15) is 18.3 Å². The van der Waals surface area contributed by atoms with Crippen LogP contribution in [0.2, 0.25) is 0 Å². The van der Waals surface area contributed by atoms with Crippen molar-refractivity contribution >= 4 is 11.3 Å². The van der Waals surface area contributed by atoms with Gasteiger partial charge in [-0.2, -0.15) is 13.2 Å². The molecule has 0 aliphatic heterocycles. The Morgan fingerprint density at radius 3 is 2.15 bits per heavy atom. The first-order chi connectivity index (χ1) is 5.82. The zero-order chi connectivity index (χ0) is 10.2. The second-order valence-electron chi connectivity index (χ2n) is 3.01. The minimum Gasteiger partial charge on any atom is -0.507 e. The van der Waals surface area contributed by atoms with Gasteiger partial charge in [-0.25, -0.2) is 0 Å². The first-order valence-electron chi connectivity index (χ1n) is 3.72. The molecule has 1 aromatic rings. The molecule has 0 aliphatic rings. The van der Waals surface area contributed by atoms with Crippen molar-refractivity contribution in [1.29, 1.82) is 0 Å². The summed E-state index contributed by atoms with van der Waals surface area (Å²) in [4.78, 5) is -0.360. The second-order valence-corrected chi connectivity index (χ2v) is 4.10. The van der Waals surface area contributed by atoms with Crippen LogP contribution in [0.25, 0.3) is 0 Å². The Morgan fingerprint density at radius 1 is 1.38 bits per heavy atom. The topological polar surface area (TPSA) is 20.2 Å². The molecule has 0 radical (unpaired) electrons. The highest BCUT2D eigenvalue weighted by atomic mass is 32.1. The molecule has 0 fully saturated rings. The molecule has 0 saturated heterocycles. The zero-order valence-electron chi connectivity index (χ0n) is 7.14. The standard InChI is InChI=1S/C8H9F3OS/c1-4(2)7-5(12)3-6(13-7)8(9,10)11/h3-4,12H,1-2H3. The van der Waals surface area contributed by atoms with E-state index in [0.717, 1.165) is 6.07 Å². The Labute approximate surface area is 77.8 Å². The van der Waals surface area contributed by atoms with Crippen molar-refractivity contribution in [2.45, 2.75) is 25.9 Å². The summed E-state index contributed by atoms with van der Waals surface area (Å²) in [6, 6.07) is 0.778. The van der Waals surface area contributed by atoms with Gasteiger partial charge in [0.15, 0.2) is 0 Å². The van der Waals surface area contributed by atoms with Crippen molar-refractivity contribution in [2.75, 3.05) is 0 Å². The van der Waals surface area contributed by atoms with Crippen LogP contribution in [-0.4, -0.2) is 5.11 Å². The molecule has 0 saturated carbocycles. The zero-order valence-corrected chi connectivity index (χ0v) is 7.96. The summed E-state index contributed by atoms with van der Waals surface area (Å²) in [5, 5.41) is 9.18. The number of rotatable bonds is 1. The van der Waals surface area contributed by atoms with Crippen LogP contribution in [0.4, 0.5) is 13.2 Å². The fraction of sp³-hybridized carbons (Fsp3) is 0.500. The predicted molar refractivity (Wildman–Crippen MR) is 45.1 cm³/mol. The number of aromatic hydroxyl groups is 1. The maximum Gasteiger partial charge on any atom is 0.425 e. The third kappa shape index (κ3) is 2.15. The Bertz CT molecular complexity index is 301. The van der Waals surface area contributed by atoms with Gasteiger partial charge in [0.2, 0.25) is 0 Å². The van der Waals surface area contributed by atoms with E-state index in [1.54, 1.807) is 13.8 Å². The molecule has 13 heavy (non-hydrogen) atoms. The quantitative estimate of drug-likeness (QED) is 0.750. The van der Waals surface area contributed by atoms with Gasteiger partial charge in [-0.1, -0.05) is 13.8 Å². The van der Waals surface area contributed by atoms with Crippen LogP contribution in [-0.2, 0) is 6.18 Å². The fourth-order valence-corrected chi connectivity index (χ4v) is 1.87. The SMILES string of the molecule is CC(C)c1sc(C(F)(F)F)cc1O. The van der Waals surface area contributed by atoms with E-state index in [4.69, 9.17) is 0 Å². The lowest BCUT2D eigenvalue weighted by Crippen LogP contribution is -2.00. The highest BCUT2D eigenvalue weighted by Gasteiger charge is 2.34. The Kier molecular flexibility index (Phi) is 2.56. The summed E-state index contributed by atoms with van der Waals surface area (Å²) in [5.74, 6) is -0.339. The van der Waals surface area contributed by atoms with Crippen LogP contribution < -0.4 is 0 Å². The lowest BCUT2D eigenvalue weighted by atomic mass is 10.2. The van der Waals surface area contributed by atoms with Crippen LogP contribution in [0, 0.1) is 0 Å². The monoisotopic (exact) mass is 210 g/mol. The molecule has 1 nitrogen and oxygen atoms in total. The molecule has 0 spiro atoms. The van der Waals surface area contributed by atoms with E-state index in [1.165, 1.54) is 0 Å². The van der Waals surface area contributed by atoms with Crippen LogP contribution in [0.1, 0.15) is 29.5 Å². The molecule has 1 aromatic heterocycles. The molecule has 0 aromatic carbocycles. The van der Waals surface area contributed by atoms with Crippen LogP contribution in [0.3, 0.4) is 0 Å². The van der Waals surface area contributed by atoms with Crippen molar-refractivity contribution in [3.8, 4) is 5.75 Å². The largest absolute Gasteiger partial charge is 0.507 e. The first kappa shape index (κ1) is 10.4. The van der Waals surface area contributed by atoms with Gasteiger partial charge >= 0.3 is 6.18 Å². The molecule has 1 heterocycles. The number of thiophene rings is 1. The van der Waals surface area contributed by atoms with Crippen molar-refractivity contribution in [2.24, 2.45) is 0 Å². The number of halogens is 3. The van der Waals surface area contributed by atoms with Crippen molar-refractivity contribution < 1.29 is 18.3 Å². The molecule has 1 rings (SSSR count). The highest BCUT2D eigenvalue weighted by Crippen LogP contribution is 2.42. The molecule has 0 aliphatic carbocycles. The van der Waals surface area contributed by atoms with E-state index in [0.29, 0.717) is 16.2 Å². The van der Waals surface area contributed by atoms with E-state index in [1.807, 2.05) is 0 Å². The van der Waals surface area contributed by atoms with E-state index < -0.39 is 11.1 Å². The lowest BCUT2D eigenvalue weighted by Gasteiger charge is -2.01. The first-order valence-corrected chi connectivity index (χ1v) is 4.54. The van der Waals surface area contributed by atoms with Crippen molar-refractivity contribution in [3.63, 3.8) is 0 Å². The maximum absolute atomic E-state index is 12.1. The van der Waals surface area contributed by atoms with Gasteiger partial charge in [0.05, 0.1) is 0 Å². The minimum absolute atomic E-state index is 0.0823. The van der Waals surface area contributed by atoms with E-state index >= 15 is 0 Å². The third-order valence-electron chi connectivity index (χ3n) is 1.54. The van der Waals surface area contributed by atoms with Crippen LogP contribution >= 0.6 is 11.3 Å². The molecular weight excluding hydrogens is 201 g/mol. The van der Waals surface area contributed by atoms with E-state index in [2.05, 4.69) is 0 Å². The van der Waals surface area contributed by atoms with Gasteiger partial charge in [-0.05, 0) is 5.92 Å². The van der Waals surface area contributed by atoms with Gasteiger partial charge in [0.1, 0.15) is 10.6 Å². The fourth-order valence-electron chi connectivity index (χ4n) is 0.949. The van der Waals surface area contributed by atoms with E-state index in [-0.39, 0.29) is 11.7 Å². The molecule has 0 atom stereocenters. The van der Waals surface area contributed by atoms with Crippen LogP contribution in [0.15, 0.2) is 6.07 Å². The summed E-state index contributed by atoms with van der Waals surface area (Å²) >= 11 is 0.600. The number of alkyl halides is 3. The Hall–Kier alpha value is -0.710. The molecule has 1 N–H and O–H groups in total. The molecule has 74 valence electrons. The summed E-state index contributed by atoms with van der Waals surface area (Å²) in [6.45, 7) is 3.48. The summed E-state index contributed by atoms with van der Waals surface area (Å²) in [7, 11) is 0. The smallest absolute Gasteiger partial charge is 0.425 e. The highest BCUT2D eigenvalue weighted by molar-refractivity contribution is 7.12. The summed E-state index contributed by atoms with van der Waals surface area (Å²) in [6.07, 6.45) is -4.35. The average molecular weight is 210 g/mol. The summed E-state index contributed by atoms with van der Waals surface area (Å²) in [5.41, 5.74) is 0. The third-order valence-corrected chi connectivity index (χ3v) is 3.01. The molecule has 0 amide bonds. The van der Waals surface area contributed by atoms with Gasteiger partial charge < -0.3 is 5.11 Å². The normalized spacial score (nSPS) is 12.5. The van der Waals surface area contributed by atoms with Crippen molar-refractivity contribution in [3.05, 3.63) is 15.8 Å². The van der Waals surface area contributed by atoms with Gasteiger partial charge in [-0.3, -0.25) is 0 Å². The van der Waals surface area contributed by atoms with Gasteiger partial charge in [0.25, 0.3) is 0 Å². The molecule has 0 unspecified atom stereocenters. The number of hydrogen-bond acceptors (Lipinski definition) is 2. The van der Waals surface area contributed by atoms with Crippen LogP contribution in [0.5, 0.6) is 5.75 Å².